The first kappa shape index (κ1) is 14.4. The summed E-state index contributed by atoms with van der Waals surface area (Å²) in [5.74, 6) is 0.538. The molecule has 0 fully saturated rings. The lowest BCUT2D eigenvalue weighted by atomic mass is 10.0. The minimum absolute atomic E-state index is 0.248. The van der Waals surface area contributed by atoms with E-state index in [0.717, 1.165) is 32.5 Å². The molecule has 0 spiro atoms. The zero-order valence-electron chi connectivity index (χ0n) is 11.7. The van der Waals surface area contributed by atoms with E-state index in [1.165, 1.54) is 17.0 Å². The summed E-state index contributed by atoms with van der Waals surface area (Å²) < 4.78 is 0. The number of rotatable bonds is 5. The Hall–Kier alpha value is -0.670. The number of β-amino-alcohol motifs (C(OH)–C–C–N with tert-alkyl or cyclic N) is 1. The fourth-order valence-corrected chi connectivity index (χ4v) is 2.26. The molecule has 1 heterocycles. The van der Waals surface area contributed by atoms with Crippen molar-refractivity contribution in [3.8, 4) is 0 Å². The third-order valence-corrected chi connectivity index (χ3v) is 3.34. The lowest BCUT2D eigenvalue weighted by Crippen LogP contribution is -2.33. The molecule has 1 rings (SSSR count). The summed E-state index contributed by atoms with van der Waals surface area (Å²) in [4.78, 5) is 7.12. The van der Waals surface area contributed by atoms with Gasteiger partial charge in [0.2, 0.25) is 0 Å². The van der Waals surface area contributed by atoms with Gasteiger partial charge in [0.15, 0.2) is 0 Å². The molecule has 1 N–H and O–H groups in total. The van der Waals surface area contributed by atoms with Crippen molar-refractivity contribution in [1.82, 2.24) is 4.90 Å². The van der Waals surface area contributed by atoms with E-state index in [0.29, 0.717) is 5.92 Å². The number of hydrogen-bond acceptors (Lipinski definition) is 3. The third-order valence-electron chi connectivity index (χ3n) is 3.34. The van der Waals surface area contributed by atoms with Crippen LogP contribution in [0.1, 0.15) is 40.5 Å². The molecular weight excluding hydrogens is 212 g/mol. The number of aliphatic imine (C=N–C) groups is 1. The predicted molar refractivity (Wildman–Crippen MR) is 73.4 cm³/mol. The van der Waals surface area contributed by atoms with Crippen molar-refractivity contribution in [2.75, 3.05) is 26.2 Å². The maximum atomic E-state index is 8.94. The van der Waals surface area contributed by atoms with E-state index in [2.05, 4.69) is 32.6 Å². The second-order valence-corrected chi connectivity index (χ2v) is 5.09. The number of nitrogens with zero attached hydrogens (tertiary/aromatic N) is 2. The van der Waals surface area contributed by atoms with Gasteiger partial charge in [-0.05, 0) is 24.8 Å². The van der Waals surface area contributed by atoms with E-state index in [4.69, 9.17) is 10.1 Å². The maximum Gasteiger partial charge on any atom is 0.0558 e. The molecule has 0 radical (unpaired) electrons. The van der Waals surface area contributed by atoms with Gasteiger partial charge in [0, 0.05) is 37.5 Å². The highest BCUT2D eigenvalue weighted by molar-refractivity contribution is 5.86. The standard InChI is InChI=1S/C14H26N2O/c1-5-13(11(2)3)15-14-6-7-16(8-9-17)10-12(14)4/h11,17H,5-10H2,1-4H3. The van der Waals surface area contributed by atoms with E-state index in [-0.39, 0.29) is 6.61 Å². The molecule has 0 atom stereocenters. The average Bonchev–Trinajstić information content (AvgIpc) is 2.28. The lowest BCUT2D eigenvalue weighted by Gasteiger charge is -2.28. The molecule has 3 heteroatoms. The fourth-order valence-electron chi connectivity index (χ4n) is 2.26. The third kappa shape index (κ3) is 4.25. The monoisotopic (exact) mass is 238 g/mol. The molecule has 1 aliphatic heterocycles. The van der Waals surface area contributed by atoms with Crippen molar-refractivity contribution in [1.29, 1.82) is 0 Å². The Labute approximate surface area is 105 Å². The number of hydrogen-bond donors (Lipinski definition) is 1. The maximum absolute atomic E-state index is 8.94. The van der Waals surface area contributed by atoms with E-state index >= 15 is 0 Å². The van der Waals surface area contributed by atoms with Gasteiger partial charge < -0.3 is 5.11 Å². The largest absolute Gasteiger partial charge is 0.395 e. The summed E-state index contributed by atoms with van der Waals surface area (Å²) in [6.07, 6.45) is 2.05. The minimum atomic E-state index is 0.248. The van der Waals surface area contributed by atoms with Gasteiger partial charge in [-0.25, -0.2) is 0 Å². The van der Waals surface area contributed by atoms with Crippen LogP contribution in [0.4, 0.5) is 0 Å². The van der Waals surface area contributed by atoms with E-state index in [1.54, 1.807) is 0 Å². The lowest BCUT2D eigenvalue weighted by molar-refractivity contribution is 0.201. The molecule has 0 saturated carbocycles. The topological polar surface area (TPSA) is 35.8 Å². The molecule has 0 aliphatic carbocycles. The Morgan fingerprint density at radius 3 is 2.65 bits per heavy atom. The van der Waals surface area contributed by atoms with Gasteiger partial charge >= 0.3 is 0 Å². The Kier molecular flexibility index (Phi) is 5.86. The molecule has 0 aromatic heterocycles. The van der Waals surface area contributed by atoms with Gasteiger partial charge in [-0.3, -0.25) is 9.89 Å². The molecule has 0 saturated heterocycles. The molecule has 0 bridgehead atoms. The van der Waals surface area contributed by atoms with Crippen molar-refractivity contribution in [2.45, 2.75) is 40.5 Å². The molecule has 0 unspecified atom stereocenters. The first-order valence-corrected chi connectivity index (χ1v) is 6.67. The summed E-state index contributed by atoms with van der Waals surface area (Å²) in [6, 6.07) is 0. The van der Waals surface area contributed by atoms with Crippen LogP contribution in [0.2, 0.25) is 0 Å². The van der Waals surface area contributed by atoms with Gasteiger partial charge in [0.1, 0.15) is 0 Å². The minimum Gasteiger partial charge on any atom is -0.395 e. The van der Waals surface area contributed by atoms with Gasteiger partial charge in [-0.1, -0.05) is 20.8 Å². The van der Waals surface area contributed by atoms with E-state index in [9.17, 15) is 0 Å². The van der Waals surface area contributed by atoms with Crippen LogP contribution in [0.25, 0.3) is 0 Å². The van der Waals surface area contributed by atoms with Crippen LogP contribution in [0.5, 0.6) is 0 Å². The second kappa shape index (κ2) is 6.92. The summed E-state index contributed by atoms with van der Waals surface area (Å²) in [5.41, 5.74) is 3.93. The predicted octanol–water partition coefficient (Wildman–Crippen LogP) is 2.47. The zero-order chi connectivity index (χ0) is 12.8. The molecule has 3 nitrogen and oxygen atoms in total. The Morgan fingerprint density at radius 1 is 1.47 bits per heavy atom. The smallest absolute Gasteiger partial charge is 0.0558 e. The van der Waals surface area contributed by atoms with Crippen LogP contribution >= 0.6 is 0 Å². The number of aliphatic hydroxyl groups excluding tert-OH is 1. The highest BCUT2D eigenvalue weighted by Crippen LogP contribution is 2.20. The van der Waals surface area contributed by atoms with Crippen LogP contribution in [0, 0.1) is 5.92 Å². The zero-order valence-corrected chi connectivity index (χ0v) is 11.7. The first-order valence-electron chi connectivity index (χ1n) is 6.67. The molecule has 98 valence electrons. The molecule has 0 amide bonds. The highest BCUT2D eigenvalue weighted by Gasteiger charge is 2.16. The normalized spacial score (nSPS) is 19.3. The van der Waals surface area contributed by atoms with E-state index in [1.807, 2.05) is 0 Å². The van der Waals surface area contributed by atoms with Crippen molar-refractivity contribution in [2.24, 2.45) is 10.9 Å². The second-order valence-electron chi connectivity index (χ2n) is 5.09. The molecule has 0 aromatic rings. The van der Waals surface area contributed by atoms with Crippen molar-refractivity contribution in [3.63, 3.8) is 0 Å². The van der Waals surface area contributed by atoms with Crippen molar-refractivity contribution in [3.05, 3.63) is 11.3 Å². The Bertz CT molecular complexity index is 305. The first-order chi connectivity index (χ1) is 8.08. The van der Waals surface area contributed by atoms with E-state index < -0.39 is 0 Å². The van der Waals surface area contributed by atoms with Crippen LogP contribution in [0.3, 0.4) is 0 Å². The van der Waals surface area contributed by atoms with Gasteiger partial charge in [-0.15, -0.1) is 0 Å². The van der Waals surface area contributed by atoms with Gasteiger partial charge in [0.25, 0.3) is 0 Å². The van der Waals surface area contributed by atoms with Crippen LogP contribution < -0.4 is 0 Å². The summed E-state index contributed by atoms with van der Waals surface area (Å²) in [6.45, 7) is 11.8. The van der Waals surface area contributed by atoms with Gasteiger partial charge in [-0.2, -0.15) is 0 Å². The molecule has 0 aromatic carbocycles. The molecular formula is C14H26N2O. The Balaban J connectivity index is 2.75. The molecule has 17 heavy (non-hydrogen) atoms. The van der Waals surface area contributed by atoms with Crippen LogP contribution in [-0.2, 0) is 0 Å². The van der Waals surface area contributed by atoms with Crippen LogP contribution in [-0.4, -0.2) is 42.0 Å². The quantitative estimate of drug-likeness (QED) is 0.747. The van der Waals surface area contributed by atoms with Crippen molar-refractivity contribution < 1.29 is 5.11 Å². The fraction of sp³-hybridized carbons (Fsp3) is 0.786. The van der Waals surface area contributed by atoms with Crippen molar-refractivity contribution >= 4 is 5.71 Å². The summed E-state index contributed by atoms with van der Waals surface area (Å²) in [7, 11) is 0. The van der Waals surface area contributed by atoms with Gasteiger partial charge in [0.05, 0.1) is 6.61 Å². The average molecular weight is 238 g/mol. The summed E-state index contributed by atoms with van der Waals surface area (Å²) in [5, 5.41) is 8.94. The molecule has 1 aliphatic rings. The van der Waals surface area contributed by atoms with Crippen LogP contribution in [0.15, 0.2) is 16.3 Å². The Morgan fingerprint density at radius 2 is 2.18 bits per heavy atom. The SMILES string of the molecule is CCC(=NC1=C(C)CN(CCO)CC1)C(C)C. The highest BCUT2D eigenvalue weighted by atomic mass is 16.3. The number of aliphatic hydroxyl groups is 1. The summed E-state index contributed by atoms with van der Waals surface area (Å²) >= 11 is 0.